The van der Waals surface area contributed by atoms with Crippen LogP contribution in [0.5, 0.6) is 0 Å². The van der Waals surface area contributed by atoms with Crippen molar-refractivity contribution in [3.05, 3.63) is 0 Å². The third kappa shape index (κ3) is 12.1. The van der Waals surface area contributed by atoms with Crippen LogP contribution in [-0.4, -0.2) is 35.1 Å². The summed E-state index contributed by atoms with van der Waals surface area (Å²) in [5, 5.41) is 26.4. The van der Waals surface area contributed by atoms with E-state index in [4.69, 9.17) is 15.3 Å². The van der Waals surface area contributed by atoms with Crippen molar-refractivity contribution in [2.75, 3.05) is 19.8 Å². The third-order valence-corrected chi connectivity index (χ3v) is 3.29. The molecule has 0 amide bonds. The Balaban J connectivity index is 3.03. The van der Waals surface area contributed by atoms with E-state index in [-0.39, 0.29) is 19.1 Å². The molecule has 0 aromatic heterocycles. The van der Waals surface area contributed by atoms with Crippen LogP contribution in [0.1, 0.15) is 64.2 Å². The molecule has 0 radical (unpaired) electrons. The zero-order chi connectivity index (χ0) is 12.8. The molecule has 0 bridgehead atoms. The first-order valence-corrected chi connectivity index (χ1v) is 7.17. The quantitative estimate of drug-likeness (QED) is 0.438. The molecule has 0 aliphatic carbocycles. The first kappa shape index (κ1) is 16.9. The Morgan fingerprint density at radius 1 is 0.529 bits per heavy atom. The van der Waals surface area contributed by atoms with Crippen molar-refractivity contribution in [1.82, 2.24) is 0 Å². The molecule has 104 valence electrons. The van der Waals surface area contributed by atoms with E-state index in [0.29, 0.717) is 6.61 Å². The molecule has 0 fully saturated rings. The zero-order valence-electron chi connectivity index (χ0n) is 11.1. The van der Waals surface area contributed by atoms with E-state index >= 15 is 0 Å². The van der Waals surface area contributed by atoms with Gasteiger partial charge >= 0.3 is 0 Å². The van der Waals surface area contributed by atoms with E-state index in [9.17, 15) is 0 Å². The Morgan fingerprint density at radius 2 is 0.941 bits per heavy atom. The molecule has 0 aromatic rings. The van der Waals surface area contributed by atoms with Crippen molar-refractivity contribution < 1.29 is 15.3 Å². The Hall–Kier alpha value is -0.120. The SMILES string of the molecule is OCCCCCCCCCCCC(CO)CO. The van der Waals surface area contributed by atoms with E-state index < -0.39 is 0 Å². The summed E-state index contributed by atoms with van der Waals surface area (Å²) in [6.45, 7) is 0.555. The number of hydrogen-bond acceptors (Lipinski definition) is 3. The van der Waals surface area contributed by atoms with Crippen LogP contribution in [0.3, 0.4) is 0 Å². The highest BCUT2D eigenvalue weighted by Gasteiger charge is 2.04. The van der Waals surface area contributed by atoms with Crippen LogP contribution in [0, 0.1) is 5.92 Å². The summed E-state index contributed by atoms with van der Waals surface area (Å²) in [7, 11) is 0. The second kappa shape index (κ2) is 13.9. The molecule has 0 aromatic carbocycles. The molecular formula is C14H30O3. The molecule has 0 heterocycles. The molecule has 3 nitrogen and oxygen atoms in total. The largest absolute Gasteiger partial charge is 0.396 e. The summed E-state index contributed by atoms with van der Waals surface area (Å²) < 4.78 is 0. The predicted molar refractivity (Wildman–Crippen MR) is 70.9 cm³/mol. The summed E-state index contributed by atoms with van der Waals surface area (Å²) in [6, 6.07) is 0. The lowest BCUT2D eigenvalue weighted by atomic mass is 10.0. The topological polar surface area (TPSA) is 60.7 Å². The molecule has 0 spiro atoms. The van der Waals surface area contributed by atoms with Crippen LogP contribution in [0.2, 0.25) is 0 Å². The number of rotatable bonds is 13. The summed E-state index contributed by atoms with van der Waals surface area (Å²) >= 11 is 0. The van der Waals surface area contributed by atoms with Crippen LogP contribution in [0.15, 0.2) is 0 Å². The summed E-state index contributed by atoms with van der Waals surface area (Å²) in [6.07, 6.45) is 11.8. The normalized spacial score (nSPS) is 11.3. The van der Waals surface area contributed by atoms with Crippen LogP contribution in [-0.2, 0) is 0 Å². The van der Waals surface area contributed by atoms with Crippen molar-refractivity contribution in [2.45, 2.75) is 64.2 Å². The third-order valence-electron chi connectivity index (χ3n) is 3.29. The minimum absolute atomic E-state index is 0.0912. The molecule has 0 atom stereocenters. The van der Waals surface area contributed by atoms with Crippen LogP contribution in [0.4, 0.5) is 0 Å². The molecule has 0 saturated heterocycles. The summed E-state index contributed by atoms with van der Waals surface area (Å²) in [5.74, 6) is 0.0912. The molecular weight excluding hydrogens is 216 g/mol. The number of aliphatic hydroxyl groups is 3. The fourth-order valence-corrected chi connectivity index (χ4v) is 2.02. The lowest BCUT2D eigenvalue weighted by Crippen LogP contribution is -2.10. The van der Waals surface area contributed by atoms with Crippen LogP contribution >= 0.6 is 0 Å². The highest BCUT2D eigenvalue weighted by Crippen LogP contribution is 2.13. The van der Waals surface area contributed by atoms with E-state index in [1.54, 1.807) is 0 Å². The van der Waals surface area contributed by atoms with Gasteiger partial charge in [0.2, 0.25) is 0 Å². The van der Waals surface area contributed by atoms with Crippen molar-refractivity contribution in [3.63, 3.8) is 0 Å². The van der Waals surface area contributed by atoms with Gasteiger partial charge in [0.15, 0.2) is 0 Å². The van der Waals surface area contributed by atoms with E-state index in [1.807, 2.05) is 0 Å². The Kier molecular flexibility index (Phi) is 13.8. The van der Waals surface area contributed by atoms with E-state index in [2.05, 4.69) is 0 Å². The summed E-state index contributed by atoms with van der Waals surface area (Å²) in [5.41, 5.74) is 0. The van der Waals surface area contributed by atoms with Gasteiger partial charge < -0.3 is 15.3 Å². The highest BCUT2D eigenvalue weighted by molar-refractivity contribution is 4.56. The van der Waals surface area contributed by atoms with Gasteiger partial charge in [-0.2, -0.15) is 0 Å². The van der Waals surface area contributed by atoms with Crippen LogP contribution in [0.25, 0.3) is 0 Å². The smallest absolute Gasteiger partial charge is 0.0481 e. The monoisotopic (exact) mass is 246 g/mol. The van der Waals surface area contributed by atoms with Gasteiger partial charge in [-0.1, -0.05) is 51.4 Å². The minimum atomic E-state index is 0.0912. The molecule has 0 rings (SSSR count). The first-order chi connectivity index (χ1) is 8.35. The Bertz CT molecular complexity index is 135. The average Bonchev–Trinajstić information content (AvgIpc) is 2.36. The van der Waals surface area contributed by atoms with E-state index in [1.165, 1.54) is 38.5 Å². The molecule has 17 heavy (non-hydrogen) atoms. The van der Waals surface area contributed by atoms with Crippen molar-refractivity contribution in [3.8, 4) is 0 Å². The van der Waals surface area contributed by atoms with Gasteiger partial charge in [-0.25, -0.2) is 0 Å². The fourth-order valence-electron chi connectivity index (χ4n) is 2.02. The van der Waals surface area contributed by atoms with Crippen molar-refractivity contribution in [1.29, 1.82) is 0 Å². The predicted octanol–water partition coefficient (Wildman–Crippen LogP) is 2.48. The molecule has 0 unspecified atom stereocenters. The van der Waals surface area contributed by atoms with Gasteiger partial charge in [-0.05, 0) is 12.8 Å². The lowest BCUT2D eigenvalue weighted by molar-refractivity contribution is 0.141. The van der Waals surface area contributed by atoms with Gasteiger partial charge in [0.1, 0.15) is 0 Å². The highest BCUT2D eigenvalue weighted by atomic mass is 16.3. The molecule has 3 heteroatoms. The van der Waals surface area contributed by atoms with Gasteiger partial charge in [0.25, 0.3) is 0 Å². The second-order valence-electron chi connectivity index (χ2n) is 4.93. The molecule has 0 aliphatic rings. The molecule has 3 N–H and O–H groups in total. The Labute approximate surface area is 106 Å². The maximum absolute atomic E-state index is 8.89. The number of hydrogen-bond donors (Lipinski definition) is 3. The first-order valence-electron chi connectivity index (χ1n) is 7.17. The molecule has 0 saturated carbocycles. The molecule has 0 aliphatic heterocycles. The number of aliphatic hydroxyl groups excluding tert-OH is 3. The maximum atomic E-state index is 8.89. The standard InChI is InChI=1S/C14H30O3/c15-11-9-7-5-3-1-2-4-6-8-10-14(12-16)13-17/h14-17H,1-13H2. The zero-order valence-corrected chi connectivity index (χ0v) is 11.1. The fraction of sp³-hybridized carbons (Fsp3) is 1.00. The van der Waals surface area contributed by atoms with Gasteiger partial charge in [0.05, 0.1) is 0 Å². The van der Waals surface area contributed by atoms with E-state index in [0.717, 1.165) is 25.7 Å². The van der Waals surface area contributed by atoms with Crippen molar-refractivity contribution >= 4 is 0 Å². The summed E-state index contributed by atoms with van der Waals surface area (Å²) in [4.78, 5) is 0. The van der Waals surface area contributed by atoms with Gasteiger partial charge in [-0.15, -0.1) is 0 Å². The minimum Gasteiger partial charge on any atom is -0.396 e. The maximum Gasteiger partial charge on any atom is 0.0481 e. The second-order valence-corrected chi connectivity index (χ2v) is 4.93. The van der Waals surface area contributed by atoms with Crippen molar-refractivity contribution in [2.24, 2.45) is 5.92 Å². The van der Waals surface area contributed by atoms with Gasteiger partial charge in [0, 0.05) is 25.7 Å². The average molecular weight is 246 g/mol. The van der Waals surface area contributed by atoms with Crippen LogP contribution < -0.4 is 0 Å². The Morgan fingerprint density at radius 3 is 1.35 bits per heavy atom. The van der Waals surface area contributed by atoms with Gasteiger partial charge in [-0.3, -0.25) is 0 Å². The number of unbranched alkanes of at least 4 members (excludes halogenated alkanes) is 8. The lowest BCUT2D eigenvalue weighted by Gasteiger charge is -2.09.